The lowest BCUT2D eigenvalue weighted by Gasteiger charge is -1.46. The van der Waals surface area contributed by atoms with E-state index in [1.807, 2.05) is 0 Å². The summed E-state index contributed by atoms with van der Waals surface area (Å²) in [6.45, 7) is 0. The summed E-state index contributed by atoms with van der Waals surface area (Å²) in [5.74, 6) is 0. The van der Waals surface area contributed by atoms with Crippen LogP contribution in [0.4, 0.5) is 0 Å². The SMILES string of the molecule is ClOCl.N.N.N.N. The molecular formula is H12Cl2N4O. The van der Waals surface area contributed by atoms with Crippen molar-refractivity contribution in [1.29, 1.82) is 0 Å². The van der Waals surface area contributed by atoms with Crippen molar-refractivity contribution in [2.75, 3.05) is 0 Å². The fourth-order valence-electron chi connectivity index (χ4n) is 0. The highest BCUT2D eigenvalue weighted by Gasteiger charge is 1.38. The first-order chi connectivity index (χ1) is 1.41. The minimum absolute atomic E-state index is 0. The van der Waals surface area contributed by atoms with Gasteiger partial charge in [0.2, 0.25) is 0 Å². The minimum atomic E-state index is 0. The van der Waals surface area contributed by atoms with Gasteiger partial charge in [0, 0.05) is 0 Å². The fourth-order valence-corrected chi connectivity index (χ4v) is 0. The van der Waals surface area contributed by atoms with Crippen molar-refractivity contribution in [1.82, 2.24) is 24.6 Å². The van der Waals surface area contributed by atoms with Crippen LogP contribution in [0.25, 0.3) is 0 Å². The summed E-state index contributed by atoms with van der Waals surface area (Å²) in [6.07, 6.45) is 0. The lowest BCUT2D eigenvalue weighted by Crippen LogP contribution is -1.15. The molecule has 7 heteroatoms. The van der Waals surface area contributed by atoms with Crippen molar-refractivity contribution in [3.63, 3.8) is 0 Å². The van der Waals surface area contributed by atoms with Crippen molar-refractivity contribution >= 4 is 23.7 Å². The lowest BCUT2D eigenvalue weighted by molar-refractivity contribution is 0.697. The molecule has 0 heterocycles. The maximum absolute atomic E-state index is 4.26. The summed E-state index contributed by atoms with van der Waals surface area (Å²) in [5.41, 5.74) is 0. The Kier molecular flexibility index (Phi) is 735. The smallest absolute Gasteiger partial charge is 0.0832 e. The highest BCUT2D eigenvalue weighted by Crippen LogP contribution is 1.78. The van der Waals surface area contributed by atoms with Crippen LogP contribution >= 0.6 is 23.7 Å². The summed E-state index contributed by atoms with van der Waals surface area (Å²) in [5, 5.41) is 0. The van der Waals surface area contributed by atoms with Crippen molar-refractivity contribution in [3.8, 4) is 0 Å². The molecule has 0 saturated heterocycles. The molecule has 5 nitrogen and oxygen atoms in total. The van der Waals surface area contributed by atoms with Gasteiger partial charge in [0.15, 0.2) is 0 Å². The van der Waals surface area contributed by atoms with Crippen LogP contribution in [0.15, 0.2) is 0 Å². The van der Waals surface area contributed by atoms with Gasteiger partial charge in [-0.15, -0.1) is 0 Å². The van der Waals surface area contributed by atoms with E-state index in [9.17, 15) is 0 Å². The normalized spacial score (nSPS) is 2.57. The monoisotopic (exact) mass is 154 g/mol. The molecule has 0 radical (unpaired) electrons. The average Bonchev–Trinajstić information content (AvgIpc) is 0.918. The van der Waals surface area contributed by atoms with Crippen LogP contribution in [0.3, 0.4) is 0 Å². The predicted molar refractivity (Wildman–Crippen MR) is 32.9 cm³/mol. The van der Waals surface area contributed by atoms with Crippen molar-refractivity contribution < 1.29 is 3.84 Å². The first kappa shape index (κ1) is 53.0. The van der Waals surface area contributed by atoms with E-state index >= 15 is 0 Å². The molecule has 0 unspecified atom stereocenters. The maximum Gasteiger partial charge on any atom is 0.0832 e. The van der Waals surface area contributed by atoms with E-state index in [1.165, 1.54) is 0 Å². The van der Waals surface area contributed by atoms with E-state index in [-0.39, 0.29) is 24.6 Å². The molecule has 0 spiro atoms. The molecule has 52 valence electrons. The lowest BCUT2D eigenvalue weighted by atomic mass is 14.0. The van der Waals surface area contributed by atoms with Gasteiger partial charge in [0.25, 0.3) is 0 Å². The first-order valence-electron chi connectivity index (χ1n) is 0.309. The van der Waals surface area contributed by atoms with Crippen molar-refractivity contribution in [2.45, 2.75) is 0 Å². The van der Waals surface area contributed by atoms with E-state index in [2.05, 4.69) is 27.6 Å². The summed E-state index contributed by atoms with van der Waals surface area (Å²) >= 11 is 8.53. The van der Waals surface area contributed by atoms with Crippen LogP contribution in [0.2, 0.25) is 0 Å². The quantitative estimate of drug-likeness (QED) is 0.421. The second-order valence-corrected chi connectivity index (χ2v) is 0.525. The number of hydrogen-bond donors (Lipinski definition) is 4. The third kappa shape index (κ3) is 848. The number of rotatable bonds is 0. The van der Waals surface area contributed by atoms with Gasteiger partial charge in [0.1, 0.15) is 0 Å². The van der Waals surface area contributed by atoms with Crippen LogP contribution in [0, 0.1) is 0 Å². The van der Waals surface area contributed by atoms with Gasteiger partial charge < -0.3 is 24.6 Å². The van der Waals surface area contributed by atoms with E-state index < -0.39 is 0 Å². The largest absolute Gasteiger partial charge is 0.344 e. The molecule has 0 aliphatic carbocycles. The zero-order valence-electron chi connectivity index (χ0n) is 3.99. The Morgan fingerprint density at radius 3 is 0.714 bits per heavy atom. The Balaban J connectivity index is -0.00000000333. The van der Waals surface area contributed by atoms with Crippen LogP contribution < -0.4 is 24.6 Å². The molecule has 7 heavy (non-hydrogen) atoms. The van der Waals surface area contributed by atoms with Crippen LogP contribution in [0.1, 0.15) is 0 Å². The topological polar surface area (TPSA) is 149 Å². The summed E-state index contributed by atoms with van der Waals surface area (Å²) in [4.78, 5) is 0. The third-order valence-electron chi connectivity index (χ3n) is 0. The van der Waals surface area contributed by atoms with Crippen molar-refractivity contribution in [3.05, 3.63) is 0 Å². The van der Waals surface area contributed by atoms with Gasteiger partial charge in [-0.3, -0.25) is 0 Å². The van der Waals surface area contributed by atoms with Gasteiger partial charge in [-0.05, 0) is 0 Å². The Hall–Kier alpha value is 0.380. The minimum Gasteiger partial charge on any atom is -0.344 e. The molecule has 0 aromatic heterocycles. The van der Waals surface area contributed by atoms with E-state index in [1.54, 1.807) is 0 Å². The first-order valence-corrected chi connectivity index (χ1v) is 0.926. The molecule has 0 bridgehead atoms. The van der Waals surface area contributed by atoms with Gasteiger partial charge in [-0.2, -0.15) is 3.84 Å². The summed E-state index contributed by atoms with van der Waals surface area (Å²) < 4.78 is 3.19. The second-order valence-electron chi connectivity index (χ2n) is 0.0583. The molecule has 12 N–H and O–H groups in total. The predicted octanol–water partition coefficient (Wildman–Crippen LogP) is 1.96. The fraction of sp³-hybridized carbons (Fsp3) is 0. The Labute approximate surface area is 53.0 Å². The van der Waals surface area contributed by atoms with E-state index in [4.69, 9.17) is 0 Å². The zero-order chi connectivity index (χ0) is 2.71. The third-order valence-corrected chi connectivity index (χ3v) is 0. The summed E-state index contributed by atoms with van der Waals surface area (Å²) in [7, 11) is 0. The maximum atomic E-state index is 4.26. The molecule has 0 aromatic rings. The number of halogens is 2. The van der Waals surface area contributed by atoms with E-state index in [0.29, 0.717) is 0 Å². The van der Waals surface area contributed by atoms with Crippen LogP contribution in [0.5, 0.6) is 0 Å². The van der Waals surface area contributed by atoms with Gasteiger partial charge >= 0.3 is 0 Å². The van der Waals surface area contributed by atoms with Gasteiger partial charge in [-0.25, -0.2) is 0 Å². The number of hydrogen-bond acceptors (Lipinski definition) is 5. The molecule has 0 saturated carbocycles. The molecule has 0 amide bonds. The van der Waals surface area contributed by atoms with Crippen LogP contribution in [-0.4, -0.2) is 0 Å². The average molecular weight is 155 g/mol. The zero-order valence-corrected chi connectivity index (χ0v) is 5.50. The molecule has 0 rings (SSSR count). The highest BCUT2D eigenvalue weighted by atomic mass is 35.6. The second kappa shape index (κ2) is 97.0. The van der Waals surface area contributed by atoms with E-state index in [0.717, 1.165) is 0 Å². The van der Waals surface area contributed by atoms with Gasteiger partial charge in [-0.1, -0.05) is 0 Å². The molecule has 0 aliphatic rings. The Morgan fingerprint density at radius 1 is 0.714 bits per heavy atom. The summed E-state index contributed by atoms with van der Waals surface area (Å²) in [6, 6.07) is 0. The molecule has 0 aliphatic heterocycles. The highest BCUT2D eigenvalue weighted by molar-refractivity contribution is 6.24. The molecule has 0 atom stereocenters. The van der Waals surface area contributed by atoms with Crippen LogP contribution in [-0.2, 0) is 3.84 Å². The standard InChI is InChI=1S/Cl2O.4H3N/c1-3-2;;;;/h;4*1H3. The van der Waals surface area contributed by atoms with Crippen molar-refractivity contribution in [2.24, 2.45) is 0 Å². The Morgan fingerprint density at radius 2 is 0.714 bits per heavy atom. The Bertz CT molecular complexity index is 9.65. The molecular weight excluding hydrogens is 143 g/mol. The van der Waals surface area contributed by atoms with Gasteiger partial charge in [0.05, 0.1) is 23.7 Å². The molecule has 0 aromatic carbocycles. The molecule has 0 fully saturated rings.